The maximum Gasteiger partial charge on any atom is 0.213 e. The molecule has 6 bridgehead atoms. The average Bonchev–Trinajstić information content (AvgIpc) is 2.91. The number of benzene rings is 1. The molecule has 10 heteroatoms. The molecule has 1 aromatic heterocycles. The molecule has 9 nitrogen and oxygen atoms in total. The summed E-state index contributed by atoms with van der Waals surface area (Å²) in [6.45, 7) is 6.51. The standard InChI is InChI=1S/C27H32IN5O4/c28-24-18-30-27-31-22-14-20(15-23(17-22)36-13-8-33-6-11-34-12-7-33)19-35-9-2-1-3-10-37-25-16-21(4-5-29-25)26(24)32-27/h1-2,4-5,14-18,27,31-32H,3,6-13,19H2/b2-1+. The van der Waals surface area contributed by atoms with Crippen LogP contribution in [0.5, 0.6) is 11.6 Å². The van der Waals surface area contributed by atoms with Gasteiger partial charge in [-0.1, -0.05) is 12.2 Å². The minimum Gasteiger partial charge on any atom is -0.492 e. The van der Waals surface area contributed by atoms with Crippen molar-refractivity contribution in [2.45, 2.75) is 19.3 Å². The van der Waals surface area contributed by atoms with E-state index in [2.05, 4.69) is 60.2 Å². The van der Waals surface area contributed by atoms with Crippen LogP contribution in [0.3, 0.4) is 0 Å². The molecule has 3 aliphatic heterocycles. The smallest absolute Gasteiger partial charge is 0.213 e. The van der Waals surface area contributed by atoms with E-state index in [1.165, 1.54) is 0 Å². The first-order valence-electron chi connectivity index (χ1n) is 12.6. The van der Waals surface area contributed by atoms with E-state index in [1.807, 2.05) is 36.6 Å². The first-order chi connectivity index (χ1) is 18.2. The van der Waals surface area contributed by atoms with Gasteiger partial charge in [0.1, 0.15) is 12.4 Å². The highest BCUT2D eigenvalue weighted by molar-refractivity contribution is 14.1. The molecule has 0 amide bonds. The summed E-state index contributed by atoms with van der Waals surface area (Å²) in [4.78, 5) is 11.4. The Balaban J connectivity index is 1.34. The Kier molecular flexibility index (Phi) is 9.28. The summed E-state index contributed by atoms with van der Waals surface area (Å²) in [6.07, 6.45) is 8.17. The summed E-state index contributed by atoms with van der Waals surface area (Å²) in [5.74, 6) is 1.41. The van der Waals surface area contributed by atoms with Crippen molar-refractivity contribution in [2.24, 2.45) is 4.99 Å². The number of fused-ring (bicyclic) bond motifs is 7. The number of aliphatic imine (C=N–C) groups is 1. The molecule has 0 spiro atoms. The van der Waals surface area contributed by atoms with E-state index in [0.29, 0.717) is 32.3 Å². The number of aromatic nitrogens is 1. The van der Waals surface area contributed by atoms with Gasteiger partial charge in [-0.25, -0.2) is 9.98 Å². The topological polar surface area (TPSA) is 89.5 Å². The highest BCUT2D eigenvalue weighted by atomic mass is 127. The summed E-state index contributed by atoms with van der Waals surface area (Å²) in [6, 6.07) is 10.1. The number of morpholine rings is 1. The van der Waals surface area contributed by atoms with Crippen LogP contribution in [0.15, 0.2) is 57.3 Å². The molecular formula is C27H32IN5O4. The van der Waals surface area contributed by atoms with Crippen molar-refractivity contribution in [3.8, 4) is 11.6 Å². The molecule has 1 aromatic carbocycles. The maximum absolute atomic E-state index is 6.17. The molecule has 0 aliphatic carbocycles. The molecule has 1 fully saturated rings. The first-order valence-corrected chi connectivity index (χ1v) is 13.7. The molecule has 2 N–H and O–H groups in total. The van der Waals surface area contributed by atoms with E-state index < -0.39 is 0 Å². The van der Waals surface area contributed by atoms with E-state index in [1.54, 1.807) is 6.20 Å². The number of anilines is 1. The van der Waals surface area contributed by atoms with Gasteiger partial charge < -0.3 is 29.6 Å². The van der Waals surface area contributed by atoms with Gasteiger partial charge in [-0.3, -0.25) is 4.90 Å². The number of nitrogens with one attached hydrogen (secondary N) is 2. The van der Waals surface area contributed by atoms with Gasteiger partial charge in [0.05, 0.1) is 42.3 Å². The molecule has 4 heterocycles. The van der Waals surface area contributed by atoms with Crippen LogP contribution >= 0.6 is 22.6 Å². The molecule has 0 saturated carbocycles. The fourth-order valence-electron chi connectivity index (χ4n) is 4.23. The van der Waals surface area contributed by atoms with E-state index in [9.17, 15) is 0 Å². The quantitative estimate of drug-likeness (QED) is 0.396. The number of nitrogens with zero attached hydrogens (tertiary/aromatic N) is 3. The third-order valence-electron chi connectivity index (χ3n) is 6.11. The zero-order chi connectivity index (χ0) is 25.3. The molecule has 5 rings (SSSR count). The number of allylic oxidation sites excluding steroid dienone is 1. The van der Waals surface area contributed by atoms with Crippen LogP contribution in [0, 0.1) is 0 Å². The molecule has 0 radical (unpaired) electrons. The molecule has 1 atom stereocenters. The Morgan fingerprint density at radius 1 is 1.05 bits per heavy atom. The van der Waals surface area contributed by atoms with Crippen LogP contribution in [0.1, 0.15) is 17.5 Å². The minimum atomic E-state index is -0.342. The first kappa shape index (κ1) is 26.0. The van der Waals surface area contributed by atoms with Crippen LogP contribution in [0.25, 0.3) is 5.70 Å². The van der Waals surface area contributed by atoms with Gasteiger partial charge in [0.2, 0.25) is 5.88 Å². The normalized spacial score (nSPS) is 21.6. The maximum atomic E-state index is 6.17. The lowest BCUT2D eigenvalue weighted by molar-refractivity contribution is 0.0322. The third kappa shape index (κ3) is 7.67. The van der Waals surface area contributed by atoms with Crippen LogP contribution < -0.4 is 20.1 Å². The number of pyridine rings is 1. The van der Waals surface area contributed by atoms with Crippen molar-refractivity contribution >= 4 is 40.2 Å². The largest absolute Gasteiger partial charge is 0.492 e. The van der Waals surface area contributed by atoms with Crippen molar-refractivity contribution in [1.29, 1.82) is 0 Å². The summed E-state index contributed by atoms with van der Waals surface area (Å²) in [5.41, 5.74) is 3.91. The van der Waals surface area contributed by atoms with E-state index in [0.717, 1.165) is 71.1 Å². The van der Waals surface area contributed by atoms with Crippen molar-refractivity contribution in [3.63, 3.8) is 0 Å². The molecular weight excluding hydrogens is 585 g/mol. The van der Waals surface area contributed by atoms with Gasteiger partial charge in [-0.15, -0.1) is 0 Å². The lowest BCUT2D eigenvalue weighted by Crippen LogP contribution is -2.38. The summed E-state index contributed by atoms with van der Waals surface area (Å²) >= 11 is 2.29. The Morgan fingerprint density at radius 2 is 1.97 bits per heavy atom. The van der Waals surface area contributed by atoms with Crippen LogP contribution in [-0.4, -0.2) is 75.1 Å². The predicted molar refractivity (Wildman–Crippen MR) is 152 cm³/mol. The minimum absolute atomic E-state index is 0.342. The molecule has 3 aliphatic rings. The lowest BCUT2D eigenvalue weighted by atomic mass is 10.1. The Hall–Kier alpha value is -2.67. The van der Waals surface area contributed by atoms with Gasteiger partial charge in [0, 0.05) is 55.4 Å². The summed E-state index contributed by atoms with van der Waals surface area (Å²) in [7, 11) is 0. The van der Waals surface area contributed by atoms with E-state index in [4.69, 9.17) is 18.9 Å². The van der Waals surface area contributed by atoms with Crippen LogP contribution in [0.4, 0.5) is 5.69 Å². The van der Waals surface area contributed by atoms with E-state index >= 15 is 0 Å². The fourth-order valence-corrected chi connectivity index (χ4v) is 4.86. The highest BCUT2D eigenvalue weighted by Gasteiger charge is 2.18. The summed E-state index contributed by atoms with van der Waals surface area (Å²) in [5, 5.41) is 7.00. The van der Waals surface area contributed by atoms with Gasteiger partial charge >= 0.3 is 0 Å². The Morgan fingerprint density at radius 3 is 2.89 bits per heavy atom. The lowest BCUT2D eigenvalue weighted by Gasteiger charge is -2.26. The monoisotopic (exact) mass is 617 g/mol. The average molecular weight is 617 g/mol. The second kappa shape index (κ2) is 13.2. The second-order valence-electron chi connectivity index (χ2n) is 8.87. The molecule has 37 heavy (non-hydrogen) atoms. The number of halogens is 1. The van der Waals surface area contributed by atoms with Crippen molar-refractivity contribution < 1.29 is 18.9 Å². The molecule has 196 valence electrons. The third-order valence-corrected chi connectivity index (χ3v) is 6.93. The van der Waals surface area contributed by atoms with Crippen molar-refractivity contribution in [1.82, 2.24) is 15.2 Å². The predicted octanol–water partition coefficient (Wildman–Crippen LogP) is 3.82. The van der Waals surface area contributed by atoms with Crippen LogP contribution in [-0.2, 0) is 16.1 Å². The molecule has 2 aromatic rings. The molecule has 1 unspecified atom stereocenters. The SMILES string of the molecule is IC1=C2NC(N=C1)Nc1cc(cc(OCCN3CCOCC3)c1)COC/C=C/CCOc1cc2ccn1. The Labute approximate surface area is 231 Å². The number of hydrogen-bond acceptors (Lipinski definition) is 9. The van der Waals surface area contributed by atoms with Gasteiger partial charge in [-0.2, -0.15) is 0 Å². The van der Waals surface area contributed by atoms with Crippen molar-refractivity contribution in [3.05, 3.63) is 63.4 Å². The second-order valence-corrected chi connectivity index (χ2v) is 10.0. The Bertz CT molecular complexity index is 1150. The number of rotatable bonds is 4. The number of hydrogen-bond donors (Lipinski definition) is 2. The van der Waals surface area contributed by atoms with Gasteiger partial charge in [0.25, 0.3) is 0 Å². The fraction of sp³-hybridized carbons (Fsp3) is 0.407. The zero-order valence-corrected chi connectivity index (χ0v) is 22.9. The van der Waals surface area contributed by atoms with E-state index in [-0.39, 0.29) is 6.29 Å². The highest BCUT2D eigenvalue weighted by Crippen LogP contribution is 2.27. The van der Waals surface area contributed by atoms with Gasteiger partial charge in [-0.05, 0) is 52.8 Å². The number of ether oxygens (including phenoxy) is 4. The van der Waals surface area contributed by atoms with Crippen molar-refractivity contribution in [2.75, 3.05) is 58.0 Å². The summed E-state index contributed by atoms with van der Waals surface area (Å²) < 4.78 is 24.4. The van der Waals surface area contributed by atoms with Gasteiger partial charge in [0.15, 0.2) is 6.29 Å². The zero-order valence-electron chi connectivity index (χ0n) is 20.7. The molecule has 1 saturated heterocycles. The van der Waals surface area contributed by atoms with Crippen LogP contribution in [0.2, 0.25) is 0 Å².